The standard InChI is InChI=1S/C9H18O2/c1-6-4-7(10)5-9(2,3)8(6)11/h6-8,10-11H,4-5H2,1-3H3/t6-,7?,8?/m1/s1. The Morgan fingerprint density at radius 1 is 1.27 bits per heavy atom. The number of rotatable bonds is 0. The van der Waals surface area contributed by atoms with Gasteiger partial charge in [-0.15, -0.1) is 0 Å². The maximum Gasteiger partial charge on any atom is 0.0618 e. The Hall–Kier alpha value is -0.0800. The molecule has 11 heavy (non-hydrogen) atoms. The van der Waals surface area contributed by atoms with Gasteiger partial charge in [-0.1, -0.05) is 20.8 Å². The Morgan fingerprint density at radius 3 is 2.27 bits per heavy atom. The molecule has 2 unspecified atom stereocenters. The third-order valence-electron chi connectivity index (χ3n) is 2.75. The van der Waals surface area contributed by atoms with Crippen LogP contribution in [0.2, 0.25) is 0 Å². The van der Waals surface area contributed by atoms with Crippen LogP contribution in [0.5, 0.6) is 0 Å². The van der Waals surface area contributed by atoms with E-state index in [1.807, 2.05) is 20.8 Å². The van der Waals surface area contributed by atoms with Crippen molar-refractivity contribution >= 4 is 0 Å². The minimum atomic E-state index is -0.258. The lowest BCUT2D eigenvalue weighted by atomic mass is 9.69. The van der Waals surface area contributed by atoms with Gasteiger partial charge in [-0.2, -0.15) is 0 Å². The highest BCUT2D eigenvalue weighted by Crippen LogP contribution is 2.38. The SMILES string of the molecule is C[C@@H]1CC(O)CC(C)(C)C1O. The summed E-state index contributed by atoms with van der Waals surface area (Å²) in [4.78, 5) is 0. The molecule has 0 bridgehead atoms. The molecule has 0 aromatic carbocycles. The van der Waals surface area contributed by atoms with Crippen molar-refractivity contribution < 1.29 is 10.2 Å². The highest BCUT2D eigenvalue weighted by molar-refractivity contribution is 4.89. The molecule has 0 heterocycles. The zero-order chi connectivity index (χ0) is 8.65. The van der Waals surface area contributed by atoms with Crippen molar-refractivity contribution in [1.82, 2.24) is 0 Å². The summed E-state index contributed by atoms with van der Waals surface area (Å²) >= 11 is 0. The maximum atomic E-state index is 9.71. The van der Waals surface area contributed by atoms with Gasteiger partial charge in [0.15, 0.2) is 0 Å². The third-order valence-corrected chi connectivity index (χ3v) is 2.75. The van der Waals surface area contributed by atoms with Crippen LogP contribution in [-0.4, -0.2) is 22.4 Å². The van der Waals surface area contributed by atoms with Gasteiger partial charge in [0.1, 0.15) is 0 Å². The van der Waals surface area contributed by atoms with Gasteiger partial charge in [0.05, 0.1) is 12.2 Å². The van der Waals surface area contributed by atoms with E-state index < -0.39 is 0 Å². The maximum absolute atomic E-state index is 9.71. The van der Waals surface area contributed by atoms with Gasteiger partial charge in [-0.3, -0.25) is 0 Å². The van der Waals surface area contributed by atoms with Gasteiger partial charge in [-0.05, 0) is 24.2 Å². The van der Waals surface area contributed by atoms with Crippen LogP contribution in [-0.2, 0) is 0 Å². The van der Waals surface area contributed by atoms with Crippen LogP contribution in [0.15, 0.2) is 0 Å². The molecule has 0 aromatic rings. The van der Waals surface area contributed by atoms with E-state index in [0.29, 0.717) is 0 Å². The summed E-state index contributed by atoms with van der Waals surface area (Å²) in [6, 6.07) is 0. The number of hydrogen-bond donors (Lipinski definition) is 2. The third kappa shape index (κ3) is 1.74. The van der Waals surface area contributed by atoms with Crippen molar-refractivity contribution in [1.29, 1.82) is 0 Å². The van der Waals surface area contributed by atoms with Crippen LogP contribution in [0, 0.1) is 11.3 Å². The molecule has 1 saturated carbocycles. The fraction of sp³-hybridized carbons (Fsp3) is 1.00. The molecular formula is C9H18O2. The normalized spacial score (nSPS) is 43.9. The highest BCUT2D eigenvalue weighted by atomic mass is 16.3. The molecule has 0 saturated heterocycles. The van der Waals surface area contributed by atoms with Gasteiger partial charge >= 0.3 is 0 Å². The Morgan fingerprint density at radius 2 is 1.82 bits per heavy atom. The first-order valence-corrected chi connectivity index (χ1v) is 4.29. The summed E-state index contributed by atoms with van der Waals surface area (Å²) in [6.07, 6.45) is 0.984. The second-order valence-electron chi connectivity index (χ2n) is 4.50. The zero-order valence-electron chi connectivity index (χ0n) is 7.54. The lowest BCUT2D eigenvalue weighted by Gasteiger charge is -2.41. The summed E-state index contributed by atoms with van der Waals surface area (Å²) in [7, 11) is 0. The zero-order valence-corrected chi connectivity index (χ0v) is 7.54. The topological polar surface area (TPSA) is 40.5 Å². The average molecular weight is 158 g/mol. The van der Waals surface area contributed by atoms with Crippen LogP contribution < -0.4 is 0 Å². The Balaban J connectivity index is 2.67. The average Bonchev–Trinajstić information content (AvgIpc) is 1.81. The smallest absolute Gasteiger partial charge is 0.0618 e. The fourth-order valence-corrected chi connectivity index (χ4v) is 2.14. The van der Waals surface area contributed by atoms with Crippen LogP contribution in [0.25, 0.3) is 0 Å². The van der Waals surface area contributed by atoms with Crippen LogP contribution >= 0.6 is 0 Å². The van der Waals surface area contributed by atoms with E-state index in [9.17, 15) is 10.2 Å². The lowest BCUT2D eigenvalue weighted by Crippen LogP contribution is -2.43. The first-order valence-electron chi connectivity index (χ1n) is 4.29. The van der Waals surface area contributed by atoms with Crippen molar-refractivity contribution in [2.24, 2.45) is 11.3 Å². The molecular weight excluding hydrogens is 140 g/mol. The Kier molecular flexibility index (Phi) is 2.26. The van der Waals surface area contributed by atoms with Crippen molar-refractivity contribution in [2.75, 3.05) is 0 Å². The minimum Gasteiger partial charge on any atom is -0.393 e. The molecule has 2 N–H and O–H groups in total. The van der Waals surface area contributed by atoms with Crippen molar-refractivity contribution in [2.45, 2.75) is 45.8 Å². The van der Waals surface area contributed by atoms with Gasteiger partial charge < -0.3 is 10.2 Å². The summed E-state index contributed by atoms with van der Waals surface area (Å²) in [5.41, 5.74) is -0.114. The van der Waals surface area contributed by atoms with E-state index in [2.05, 4.69) is 0 Å². The highest BCUT2D eigenvalue weighted by Gasteiger charge is 2.39. The van der Waals surface area contributed by atoms with Crippen molar-refractivity contribution in [3.63, 3.8) is 0 Å². The van der Waals surface area contributed by atoms with Gasteiger partial charge in [0.2, 0.25) is 0 Å². The van der Waals surface area contributed by atoms with Crippen molar-refractivity contribution in [3.05, 3.63) is 0 Å². The second kappa shape index (κ2) is 2.76. The summed E-state index contributed by atoms with van der Waals surface area (Å²) in [6.45, 7) is 6.02. The lowest BCUT2D eigenvalue weighted by molar-refractivity contribution is -0.0727. The van der Waals surface area contributed by atoms with E-state index in [4.69, 9.17) is 0 Å². The molecule has 1 fully saturated rings. The van der Waals surface area contributed by atoms with E-state index in [-0.39, 0.29) is 23.5 Å². The minimum absolute atomic E-state index is 0.114. The number of hydrogen-bond acceptors (Lipinski definition) is 2. The van der Waals surface area contributed by atoms with Crippen LogP contribution in [0.3, 0.4) is 0 Å². The number of aliphatic hydroxyl groups excluding tert-OH is 2. The molecule has 1 aliphatic carbocycles. The predicted octanol–water partition coefficient (Wildman–Crippen LogP) is 1.16. The van der Waals surface area contributed by atoms with E-state index in [1.165, 1.54) is 0 Å². The van der Waals surface area contributed by atoms with Crippen LogP contribution in [0.1, 0.15) is 33.6 Å². The Bertz CT molecular complexity index is 142. The molecule has 66 valence electrons. The quantitative estimate of drug-likeness (QED) is 0.555. The Labute approximate surface area is 68.2 Å². The summed E-state index contributed by atoms with van der Waals surface area (Å²) in [5, 5.41) is 19.1. The predicted molar refractivity (Wildman–Crippen MR) is 44.2 cm³/mol. The molecule has 1 aliphatic rings. The first-order chi connectivity index (χ1) is 4.93. The molecule has 1 rings (SSSR count). The first kappa shape index (κ1) is 9.01. The van der Waals surface area contributed by atoms with Crippen molar-refractivity contribution in [3.8, 4) is 0 Å². The van der Waals surface area contributed by atoms with Gasteiger partial charge in [0, 0.05) is 0 Å². The molecule has 2 nitrogen and oxygen atoms in total. The molecule has 0 aliphatic heterocycles. The number of aliphatic hydroxyl groups is 2. The van der Waals surface area contributed by atoms with E-state index >= 15 is 0 Å². The second-order valence-corrected chi connectivity index (χ2v) is 4.50. The van der Waals surface area contributed by atoms with E-state index in [0.717, 1.165) is 12.8 Å². The van der Waals surface area contributed by atoms with Crippen LogP contribution in [0.4, 0.5) is 0 Å². The van der Waals surface area contributed by atoms with Gasteiger partial charge in [0.25, 0.3) is 0 Å². The summed E-state index contributed by atoms with van der Waals surface area (Å²) < 4.78 is 0. The molecule has 0 radical (unpaired) electrons. The van der Waals surface area contributed by atoms with Gasteiger partial charge in [-0.25, -0.2) is 0 Å². The molecule has 0 spiro atoms. The molecule has 2 heteroatoms. The molecule has 0 aromatic heterocycles. The summed E-state index contributed by atoms with van der Waals surface area (Å²) in [5.74, 6) is 0.230. The largest absolute Gasteiger partial charge is 0.393 e. The molecule has 0 amide bonds. The molecule has 3 atom stereocenters. The monoisotopic (exact) mass is 158 g/mol. The van der Waals surface area contributed by atoms with E-state index in [1.54, 1.807) is 0 Å². The fourth-order valence-electron chi connectivity index (χ4n) is 2.14.